The molecular weight excluding hydrogens is 693 g/mol. The van der Waals surface area contributed by atoms with E-state index in [9.17, 15) is 49.2 Å². The number of rotatable bonds is 8. The van der Waals surface area contributed by atoms with Crippen LogP contribution in [0.3, 0.4) is 0 Å². The van der Waals surface area contributed by atoms with Crippen LogP contribution in [0.25, 0.3) is 0 Å². The molecule has 0 saturated carbocycles. The van der Waals surface area contributed by atoms with Crippen molar-refractivity contribution >= 4 is 59.1 Å². The lowest BCUT2D eigenvalue weighted by molar-refractivity contribution is -0.161. The molecule has 10 N–H and O–H groups in total. The molecular formula is C32H38N6O10S2. The van der Waals surface area contributed by atoms with E-state index in [-0.39, 0.29) is 11.5 Å². The van der Waals surface area contributed by atoms with Gasteiger partial charge in [0.2, 0.25) is 23.6 Å². The number of carboxylic acid groups (broad SMARTS) is 2. The van der Waals surface area contributed by atoms with E-state index in [1.165, 1.54) is 81.9 Å². The number of nitrogens with one attached hydrogen (secondary N) is 2. The number of phenols is 2. The van der Waals surface area contributed by atoms with E-state index in [1.807, 2.05) is 0 Å². The molecule has 50 heavy (non-hydrogen) atoms. The number of fused-ring (bicyclic) bond motifs is 2. The first-order valence-electron chi connectivity index (χ1n) is 15.4. The molecule has 0 aliphatic carbocycles. The predicted molar refractivity (Wildman–Crippen MR) is 181 cm³/mol. The molecule has 4 fully saturated rings. The first-order valence-corrected chi connectivity index (χ1v) is 17.2. The fraction of sp³-hybridized carbons (Fsp3) is 0.438. The van der Waals surface area contributed by atoms with Crippen molar-refractivity contribution in [1.29, 1.82) is 0 Å². The molecule has 2 aromatic rings. The van der Waals surface area contributed by atoms with E-state index in [0.29, 0.717) is 11.1 Å². The normalized spacial score (nSPS) is 28.0. The standard InChI is InChI=1S/2C16H19N3O5S/c2*1-16(2)11(15(23)24)19-13(22)10(14(19)25-16)18-12(21)9(17)7-3-5-8(20)6-4-7/h2*3-6,9-11,14,20H,17H2,1-2H3,(H,18,21)(H,23,24)/t9-,10-,11+,14-;/m1./s1. The molecule has 4 unspecified atom stereocenters. The van der Waals surface area contributed by atoms with Crippen LogP contribution < -0.4 is 22.1 Å². The van der Waals surface area contributed by atoms with E-state index in [2.05, 4.69) is 10.6 Å². The molecule has 4 saturated heterocycles. The Labute approximate surface area is 294 Å². The Bertz CT molecular complexity index is 1600. The molecule has 4 amide bonds. The lowest BCUT2D eigenvalue weighted by Gasteiger charge is -2.43. The van der Waals surface area contributed by atoms with Gasteiger partial charge in [0, 0.05) is 9.49 Å². The van der Waals surface area contributed by atoms with Gasteiger partial charge in [-0.25, -0.2) is 9.59 Å². The molecule has 16 nitrogen and oxygen atoms in total. The first kappa shape index (κ1) is 36.8. The SMILES string of the molecule is CC1(C)SC2C(NC(=O)C(N)c3ccc(O)cc3)C(=O)N2C1C(=O)O.CC1(C)S[C@@H]2[C@H](NC(=O)[C@H](N)c3ccc(O)cc3)C(=O)N2[C@H]1C(=O)O. The molecule has 4 aliphatic rings. The summed E-state index contributed by atoms with van der Waals surface area (Å²) in [7, 11) is 0. The number of hydrogen-bond acceptors (Lipinski definition) is 12. The predicted octanol–water partition coefficient (Wildman–Crippen LogP) is 0.0474. The van der Waals surface area contributed by atoms with Crippen LogP contribution in [0.1, 0.15) is 50.9 Å². The van der Waals surface area contributed by atoms with Gasteiger partial charge in [-0.05, 0) is 63.1 Å². The summed E-state index contributed by atoms with van der Waals surface area (Å²) >= 11 is 2.71. The highest BCUT2D eigenvalue weighted by Gasteiger charge is 2.65. The summed E-state index contributed by atoms with van der Waals surface area (Å²) in [5, 5.41) is 41.7. The maximum absolute atomic E-state index is 12.3. The average molecular weight is 731 g/mol. The number of amides is 4. The van der Waals surface area contributed by atoms with Gasteiger partial charge < -0.3 is 52.3 Å². The lowest BCUT2D eigenvalue weighted by atomic mass is 9.95. The minimum absolute atomic E-state index is 0.0606. The summed E-state index contributed by atoms with van der Waals surface area (Å²) in [4.78, 5) is 74.9. The second kappa shape index (κ2) is 13.3. The van der Waals surface area contributed by atoms with E-state index >= 15 is 0 Å². The minimum atomic E-state index is -1.06. The first-order chi connectivity index (χ1) is 23.3. The molecule has 0 spiro atoms. The second-order valence-corrected chi connectivity index (χ2v) is 16.8. The maximum Gasteiger partial charge on any atom is 0.327 e. The van der Waals surface area contributed by atoms with Gasteiger partial charge in [0.1, 0.15) is 58.5 Å². The number of phenolic OH excluding ortho intramolecular Hbond substituents is 2. The van der Waals surface area contributed by atoms with Gasteiger partial charge in [-0.15, -0.1) is 23.5 Å². The molecule has 0 aromatic heterocycles. The summed E-state index contributed by atoms with van der Waals surface area (Å²) in [5.74, 6) is -3.88. The Kier molecular flexibility index (Phi) is 9.78. The van der Waals surface area contributed by atoms with Crippen LogP contribution in [0.15, 0.2) is 48.5 Å². The Morgan fingerprint density at radius 3 is 1.24 bits per heavy atom. The van der Waals surface area contributed by atoms with Gasteiger partial charge in [-0.1, -0.05) is 24.3 Å². The van der Waals surface area contributed by atoms with Crippen LogP contribution in [0.5, 0.6) is 11.5 Å². The largest absolute Gasteiger partial charge is 0.508 e. The zero-order valence-electron chi connectivity index (χ0n) is 27.3. The van der Waals surface area contributed by atoms with E-state index in [4.69, 9.17) is 11.5 Å². The van der Waals surface area contributed by atoms with E-state index in [0.717, 1.165) is 0 Å². The van der Waals surface area contributed by atoms with Gasteiger partial charge >= 0.3 is 11.9 Å². The topological polar surface area (TPSA) is 266 Å². The number of aliphatic carboxylic acids is 2. The highest BCUT2D eigenvalue weighted by atomic mass is 32.2. The molecule has 4 aliphatic heterocycles. The third-order valence-electron chi connectivity index (χ3n) is 9.01. The fourth-order valence-corrected chi connectivity index (χ4v) is 9.69. The van der Waals surface area contributed by atoms with Gasteiger partial charge in [0.25, 0.3) is 0 Å². The van der Waals surface area contributed by atoms with Crippen LogP contribution >= 0.6 is 23.5 Å². The summed E-state index contributed by atoms with van der Waals surface area (Å²) < 4.78 is -1.30. The number of nitrogens with two attached hydrogens (primary N) is 2. The summed E-state index contributed by atoms with van der Waals surface area (Å²) in [5.41, 5.74) is 12.8. The van der Waals surface area contributed by atoms with Crippen molar-refractivity contribution < 1.29 is 49.2 Å². The summed E-state index contributed by atoms with van der Waals surface area (Å²) in [6, 6.07) is 6.41. The van der Waals surface area contributed by atoms with Crippen molar-refractivity contribution in [2.45, 2.75) is 84.2 Å². The van der Waals surface area contributed by atoms with Gasteiger partial charge in [0.05, 0.1) is 0 Å². The number of nitrogens with zero attached hydrogens (tertiary/aromatic N) is 2. The summed E-state index contributed by atoms with van der Waals surface area (Å²) in [6.45, 7) is 7.07. The van der Waals surface area contributed by atoms with Crippen LogP contribution in [-0.4, -0.2) is 110 Å². The summed E-state index contributed by atoms with van der Waals surface area (Å²) in [6.07, 6.45) is 0. The molecule has 18 heteroatoms. The molecule has 8 atom stereocenters. The van der Waals surface area contributed by atoms with Gasteiger partial charge in [-0.2, -0.15) is 0 Å². The smallest absolute Gasteiger partial charge is 0.327 e. The second-order valence-electron chi connectivity index (χ2n) is 13.3. The number of hydrogen-bond donors (Lipinski definition) is 8. The number of carbonyl (C=O) groups is 6. The molecule has 0 radical (unpaired) electrons. The highest BCUT2D eigenvalue weighted by Crippen LogP contribution is 2.52. The van der Waals surface area contributed by atoms with Gasteiger partial charge in [0.15, 0.2) is 0 Å². The van der Waals surface area contributed by atoms with Crippen molar-refractivity contribution in [3.8, 4) is 11.5 Å². The number of carboxylic acids is 2. The molecule has 0 bridgehead atoms. The van der Waals surface area contributed by atoms with Crippen LogP contribution in [0, 0.1) is 0 Å². The number of benzene rings is 2. The maximum atomic E-state index is 12.3. The Morgan fingerprint density at radius 1 is 0.660 bits per heavy atom. The van der Waals surface area contributed by atoms with Gasteiger partial charge in [-0.3, -0.25) is 19.2 Å². The Hall–Kier alpha value is -4.52. The lowest BCUT2D eigenvalue weighted by Crippen LogP contribution is -2.71. The molecule has 6 rings (SSSR count). The zero-order valence-corrected chi connectivity index (χ0v) is 29.0. The zero-order chi connectivity index (χ0) is 37.0. The van der Waals surface area contributed by atoms with Crippen molar-refractivity contribution in [2.24, 2.45) is 11.5 Å². The Balaban J connectivity index is 0.000000194. The third kappa shape index (κ3) is 6.55. The molecule has 4 heterocycles. The fourth-order valence-electron chi connectivity index (χ4n) is 6.44. The number of carbonyl (C=O) groups excluding carboxylic acids is 4. The monoisotopic (exact) mass is 730 g/mol. The number of thioether (sulfide) groups is 2. The van der Waals surface area contributed by atoms with Crippen molar-refractivity contribution in [3.63, 3.8) is 0 Å². The molecule has 2 aromatic carbocycles. The number of β-lactam (4-membered cyclic amide) rings is 2. The third-order valence-corrected chi connectivity index (χ3v) is 12.2. The van der Waals surface area contributed by atoms with Crippen LogP contribution in [-0.2, 0) is 28.8 Å². The van der Waals surface area contributed by atoms with Crippen molar-refractivity contribution in [3.05, 3.63) is 59.7 Å². The number of aromatic hydroxyl groups is 2. The average Bonchev–Trinajstić information content (AvgIpc) is 3.47. The van der Waals surface area contributed by atoms with Crippen LogP contribution in [0.2, 0.25) is 0 Å². The quantitative estimate of drug-likeness (QED) is 0.167. The van der Waals surface area contributed by atoms with Crippen molar-refractivity contribution in [2.75, 3.05) is 0 Å². The van der Waals surface area contributed by atoms with E-state index < -0.39 is 92.1 Å². The van der Waals surface area contributed by atoms with Crippen molar-refractivity contribution in [1.82, 2.24) is 20.4 Å². The molecule has 268 valence electrons. The van der Waals surface area contributed by atoms with Crippen LogP contribution in [0.4, 0.5) is 0 Å². The van der Waals surface area contributed by atoms with E-state index in [1.54, 1.807) is 27.7 Å². The minimum Gasteiger partial charge on any atom is -0.508 e. The Morgan fingerprint density at radius 2 is 0.960 bits per heavy atom. The highest BCUT2D eigenvalue weighted by molar-refractivity contribution is 8.02.